The quantitative estimate of drug-likeness (QED) is 0.740. The van der Waals surface area contributed by atoms with Gasteiger partial charge in [0.15, 0.2) is 5.78 Å². The first-order valence-electron chi connectivity index (χ1n) is 7.58. The van der Waals surface area contributed by atoms with Crippen molar-refractivity contribution in [2.75, 3.05) is 6.54 Å². The largest absolute Gasteiger partial charge is 0.490 e. The van der Waals surface area contributed by atoms with Gasteiger partial charge in [0.2, 0.25) is 0 Å². The summed E-state index contributed by atoms with van der Waals surface area (Å²) in [5, 5.41) is 0. The molecule has 0 aliphatic heterocycles. The molecule has 1 aromatic carbocycles. The van der Waals surface area contributed by atoms with E-state index in [1.807, 2.05) is 24.3 Å². The number of hydrogen-bond acceptors (Lipinski definition) is 3. The van der Waals surface area contributed by atoms with E-state index >= 15 is 0 Å². The molecule has 1 aliphatic rings. The summed E-state index contributed by atoms with van der Waals surface area (Å²) in [5.74, 6) is 1.82. The molecule has 3 heteroatoms. The number of ether oxygens (including phenoxy) is 1. The molecule has 20 heavy (non-hydrogen) atoms. The third-order valence-corrected chi connectivity index (χ3v) is 3.60. The Balaban J connectivity index is 1.96. The number of carbonyl (C=O) groups excluding carboxylic acids is 1. The Morgan fingerprint density at radius 3 is 2.75 bits per heavy atom. The van der Waals surface area contributed by atoms with Crippen molar-refractivity contribution in [3.63, 3.8) is 0 Å². The second-order valence-electron chi connectivity index (χ2n) is 6.20. The highest BCUT2D eigenvalue weighted by Crippen LogP contribution is 2.27. The number of benzene rings is 1. The number of ketones is 1. The van der Waals surface area contributed by atoms with Crippen molar-refractivity contribution in [1.29, 1.82) is 0 Å². The zero-order valence-corrected chi connectivity index (χ0v) is 12.5. The van der Waals surface area contributed by atoms with Crippen molar-refractivity contribution < 1.29 is 9.53 Å². The number of nitrogens with two attached hydrogens (primary N) is 1. The second-order valence-corrected chi connectivity index (χ2v) is 6.20. The van der Waals surface area contributed by atoms with Crippen LogP contribution < -0.4 is 10.5 Å². The Morgan fingerprint density at radius 2 is 2.15 bits per heavy atom. The van der Waals surface area contributed by atoms with Crippen LogP contribution in [0.3, 0.4) is 0 Å². The Labute approximate surface area is 121 Å². The number of carbonyl (C=O) groups is 1. The van der Waals surface area contributed by atoms with Crippen molar-refractivity contribution in [2.45, 2.75) is 45.6 Å². The van der Waals surface area contributed by atoms with Crippen LogP contribution in [-0.4, -0.2) is 18.4 Å². The van der Waals surface area contributed by atoms with E-state index in [0.717, 1.165) is 30.6 Å². The molecule has 1 atom stereocenters. The molecule has 1 unspecified atom stereocenters. The van der Waals surface area contributed by atoms with Crippen LogP contribution in [0, 0.1) is 11.8 Å². The molecule has 3 nitrogen and oxygen atoms in total. The first-order chi connectivity index (χ1) is 9.58. The van der Waals surface area contributed by atoms with Gasteiger partial charge in [-0.3, -0.25) is 4.79 Å². The molecule has 0 amide bonds. The van der Waals surface area contributed by atoms with E-state index in [2.05, 4.69) is 13.8 Å². The van der Waals surface area contributed by atoms with Crippen LogP contribution in [0.15, 0.2) is 24.3 Å². The van der Waals surface area contributed by atoms with Crippen LogP contribution in [0.25, 0.3) is 0 Å². The fraction of sp³-hybridized carbons (Fsp3) is 0.588. The van der Waals surface area contributed by atoms with E-state index in [-0.39, 0.29) is 11.7 Å². The topological polar surface area (TPSA) is 52.3 Å². The van der Waals surface area contributed by atoms with Gasteiger partial charge in [0.25, 0.3) is 0 Å². The van der Waals surface area contributed by atoms with Gasteiger partial charge in [0.1, 0.15) is 5.75 Å². The summed E-state index contributed by atoms with van der Waals surface area (Å²) < 4.78 is 5.74. The summed E-state index contributed by atoms with van der Waals surface area (Å²) in [6, 6.07) is 7.54. The van der Waals surface area contributed by atoms with E-state index in [4.69, 9.17) is 10.5 Å². The van der Waals surface area contributed by atoms with Crippen LogP contribution in [0.5, 0.6) is 5.75 Å². The van der Waals surface area contributed by atoms with E-state index in [1.54, 1.807) is 0 Å². The van der Waals surface area contributed by atoms with Crippen molar-refractivity contribution >= 4 is 5.78 Å². The minimum Gasteiger partial charge on any atom is -0.490 e. The molecule has 0 spiro atoms. The van der Waals surface area contributed by atoms with Gasteiger partial charge in [-0.15, -0.1) is 0 Å². The summed E-state index contributed by atoms with van der Waals surface area (Å²) >= 11 is 0. The summed E-state index contributed by atoms with van der Waals surface area (Å²) in [4.78, 5) is 12.3. The maximum Gasteiger partial charge on any atom is 0.163 e. The van der Waals surface area contributed by atoms with Gasteiger partial charge >= 0.3 is 0 Å². The summed E-state index contributed by atoms with van der Waals surface area (Å²) in [5.41, 5.74) is 6.52. The van der Waals surface area contributed by atoms with Gasteiger partial charge in [-0.05, 0) is 49.8 Å². The lowest BCUT2D eigenvalue weighted by Crippen LogP contribution is -2.20. The van der Waals surface area contributed by atoms with Gasteiger partial charge in [-0.1, -0.05) is 26.0 Å². The number of Topliss-reactive ketones (excluding diaryl/α,β-unsaturated/α-hetero) is 1. The molecule has 2 rings (SSSR count). The lowest BCUT2D eigenvalue weighted by atomic mass is 9.91. The number of rotatable bonds is 8. The van der Waals surface area contributed by atoms with E-state index in [1.165, 1.54) is 0 Å². The normalized spacial score (nSPS) is 16.2. The first-order valence-corrected chi connectivity index (χ1v) is 7.58. The molecule has 110 valence electrons. The standard InChI is InChI=1S/C17H25NO2/c1-12(2)8-13(11-18)9-17(19)14-4-3-5-16(10-14)20-15-6-7-15/h3-5,10,12-13,15H,6-9,11,18H2,1-2H3. The van der Waals surface area contributed by atoms with E-state index in [9.17, 15) is 4.79 Å². The predicted octanol–water partition coefficient (Wildman–Crippen LogP) is 3.42. The van der Waals surface area contributed by atoms with E-state index in [0.29, 0.717) is 25.0 Å². The highest BCUT2D eigenvalue weighted by atomic mass is 16.5. The Morgan fingerprint density at radius 1 is 1.40 bits per heavy atom. The Hall–Kier alpha value is -1.35. The molecule has 1 saturated carbocycles. The van der Waals surface area contributed by atoms with Gasteiger partial charge in [-0.2, -0.15) is 0 Å². The van der Waals surface area contributed by atoms with Crippen LogP contribution in [0.1, 0.15) is 49.9 Å². The smallest absolute Gasteiger partial charge is 0.163 e. The second kappa shape index (κ2) is 6.89. The Bertz CT molecular complexity index is 452. The molecule has 0 saturated heterocycles. The minimum atomic E-state index is 0.169. The lowest BCUT2D eigenvalue weighted by Gasteiger charge is -2.16. The average molecular weight is 275 g/mol. The maximum absolute atomic E-state index is 12.3. The average Bonchev–Trinajstić information content (AvgIpc) is 3.21. The molecule has 0 aromatic heterocycles. The first kappa shape index (κ1) is 15.0. The fourth-order valence-electron chi connectivity index (χ4n) is 2.43. The Kier molecular flexibility index (Phi) is 5.18. The molecule has 1 aromatic rings. The van der Waals surface area contributed by atoms with Crippen molar-refractivity contribution in [2.24, 2.45) is 17.6 Å². The highest BCUT2D eigenvalue weighted by Gasteiger charge is 2.24. The molecule has 1 aliphatic carbocycles. The van der Waals surface area contributed by atoms with Crippen LogP contribution in [0.2, 0.25) is 0 Å². The molecule has 2 N–H and O–H groups in total. The van der Waals surface area contributed by atoms with Crippen LogP contribution in [0.4, 0.5) is 0 Å². The van der Waals surface area contributed by atoms with Crippen LogP contribution >= 0.6 is 0 Å². The minimum absolute atomic E-state index is 0.169. The molecular formula is C17H25NO2. The lowest BCUT2D eigenvalue weighted by molar-refractivity contribution is 0.0957. The summed E-state index contributed by atoms with van der Waals surface area (Å²) in [6.45, 7) is 4.90. The third-order valence-electron chi connectivity index (χ3n) is 3.60. The zero-order valence-electron chi connectivity index (χ0n) is 12.5. The van der Waals surface area contributed by atoms with Crippen molar-refractivity contribution in [1.82, 2.24) is 0 Å². The molecular weight excluding hydrogens is 250 g/mol. The summed E-state index contributed by atoms with van der Waals surface area (Å²) in [7, 11) is 0. The number of hydrogen-bond donors (Lipinski definition) is 1. The highest BCUT2D eigenvalue weighted by molar-refractivity contribution is 5.96. The van der Waals surface area contributed by atoms with E-state index < -0.39 is 0 Å². The van der Waals surface area contributed by atoms with Gasteiger partial charge in [-0.25, -0.2) is 0 Å². The SMILES string of the molecule is CC(C)CC(CN)CC(=O)c1cccc(OC2CC2)c1. The monoisotopic (exact) mass is 275 g/mol. The fourth-order valence-corrected chi connectivity index (χ4v) is 2.43. The van der Waals surface area contributed by atoms with Crippen molar-refractivity contribution in [3.05, 3.63) is 29.8 Å². The molecule has 0 radical (unpaired) electrons. The van der Waals surface area contributed by atoms with Gasteiger partial charge in [0, 0.05) is 12.0 Å². The van der Waals surface area contributed by atoms with Crippen LogP contribution in [-0.2, 0) is 0 Å². The molecule has 0 heterocycles. The van der Waals surface area contributed by atoms with Gasteiger partial charge < -0.3 is 10.5 Å². The zero-order chi connectivity index (χ0) is 14.5. The predicted molar refractivity (Wildman–Crippen MR) is 81.0 cm³/mol. The third kappa shape index (κ3) is 4.64. The molecule has 0 bridgehead atoms. The maximum atomic E-state index is 12.3. The molecule has 1 fully saturated rings. The van der Waals surface area contributed by atoms with Crippen molar-refractivity contribution in [3.8, 4) is 5.75 Å². The van der Waals surface area contributed by atoms with Gasteiger partial charge in [0.05, 0.1) is 6.10 Å². The summed E-state index contributed by atoms with van der Waals surface area (Å²) in [6.07, 6.45) is 4.14.